The molecule has 1 rings (SSSR count). The number of ketones is 1. The minimum atomic E-state index is -0.369. The van der Waals surface area contributed by atoms with Crippen molar-refractivity contribution in [3.05, 3.63) is 12.2 Å². The van der Waals surface area contributed by atoms with Gasteiger partial charge in [0.05, 0.1) is 0 Å². The Balaban J connectivity index is 2.08. The van der Waals surface area contributed by atoms with Gasteiger partial charge in [0.25, 0.3) is 11.8 Å². The van der Waals surface area contributed by atoms with E-state index in [1.807, 2.05) is 6.92 Å². The largest absolute Gasteiger partial charge is 0.356 e. The van der Waals surface area contributed by atoms with Gasteiger partial charge in [-0.2, -0.15) is 0 Å². The number of rotatable bonds is 9. The van der Waals surface area contributed by atoms with Gasteiger partial charge in [-0.3, -0.25) is 24.1 Å². The van der Waals surface area contributed by atoms with Gasteiger partial charge in [-0.1, -0.05) is 13.3 Å². The molecule has 6 heteroatoms. The molecule has 1 aliphatic heterocycles. The van der Waals surface area contributed by atoms with Crippen molar-refractivity contribution in [1.29, 1.82) is 0 Å². The fraction of sp³-hybridized carbons (Fsp3) is 0.600. The number of carbonyl (C=O) groups excluding carboxylic acids is 4. The highest BCUT2D eigenvalue weighted by Gasteiger charge is 2.23. The summed E-state index contributed by atoms with van der Waals surface area (Å²) < 4.78 is 0. The number of hydrogen-bond acceptors (Lipinski definition) is 4. The van der Waals surface area contributed by atoms with Gasteiger partial charge in [-0.05, 0) is 19.8 Å². The maximum atomic E-state index is 11.6. The van der Waals surface area contributed by atoms with Gasteiger partial charge in [-0.25, -0.2) is 0 Å². The second-order valence-corrected chi connectivity index (χ2v) is 5.27. The molecular formula is C15H22N2O4. The Labute approximate surface area is 124 Å². The zero-order chi connectivity index (χ0) is 15.8. The summed E-state index contributed by atoms with van der Waals surface area (Å²) in [5.74, 6) is -0.660. The average molecular weight is 294 g/mol. The van der Waals surface area contributed by atoms with Gasteiger partial charge < -0.3 is 5.32 Å². The monoisotopic (exact) mass is 294 g/mol. The molecule has 1 unspecified atom stereocenters. The molecule has 21 heavy (non-hydrogen) atoms. The fourth-order valence-corrected chi connectivity index (χ4v) is 1.96. The molecule has 3 amide bonds. The SMILES string of the molecule is CC(=O)C(C)CCCCNC(=O)CCN1C(=O)C=CC1=O. The number of amides is 3. The molecule has 116 valence electrons. The van der Waals surface area contributed by atoms with Crippen LogP contribution in [0.2, 0.25) is 0 Å². The summed E-state index contributed by atoms with van der Waals surface area (Å²) in [6, 6.07) is 0. The lowest BCUT2D eigenvalue weighted by Gasteiger charge is -2.13. The molecule has 0 fully saturated rings. The van der Waals surface area contributed by atoms with Gasteiger partial charge in [0, 0.05) is 37.6 Å². The third-order valence-corrected chi connectivity index (χ3v) is 3.54. The minimum absolute atomic E-state index is 0.0698. The molecule has 0 aromatic rings. The predicted octanol–water partition coefficient (Wildman–Crippen LogP) is 0.813. The highest BCUT2D eigenvalue weighted by atomic mass is 16.2. The lowest BCUT2D eigenvalue weighted by molar-refractivity contribution is -0.137. The van der Waals surface area contributed by atoms with Crippen LogP contribution in [0.5, 0.6) is 0 Å². The molecule has 0 spiro atoms. The maximum Gasteiger partial charge on any atom is 0.253 e. The first-order valence-corrected chi connectivity index (χ1v) is 7.22. The molecule has 0 saturated carbocycles. The van der Waals surface area contributed by atoms with Crippen molar-refractivity contribution in [3.8, 4) is 0 Å². The van der Waals surface area contributed by atoms with Crippen LogP contribution in [0.1, 0.15) is 39.5 Å². The number of nitrogens with one attached hydrogen (secondary N) is 1. The van der Waals surface area contributed by atoms with Gasteiger partial charge >= 0.3 is 0 Å². The first kappa shape index (κ1) is 17.1. The molecule has 0 aromatic heterocycles. The summed E-state index contributed by atoms with van der Waals surface area (Å²) in [7, 11) is 0. The number of hydrogen-bond donors (Lipinski definition) is 1. The van der Waals surface area contributed by atoms with Crippen molar-refractivity contribution in [1.82, 2.24) is 10.2 Å². The third-order valence-electron chi connectivity index (χ3n) is 3.54. The average Bonchev–Trinajstić information content (AvgIpc) is 2.75. The number of nitrogens with zero attached hydrogens (tertiary/aromatic N) is 1. The third kappa shape index (κ3) is 5.89. The van der Waals surface area contributed by atoms with E-state index < -0.39 is 0 Å². The number of carbonyl (C=O) groups is 4. The quantitative estimate of drug-likeness (QED) is 0.504. The number of imide groups is 1. The van der Waals surface area contributed by atoms with E-state index in [1.165, 1.54) is 12.2 Å². The van der Waals surface area contributed by atoms with E-state index in [-0.39, 0.29) is 42.4 Å². The van der Waals surface area contributed by atoms with Crippen molar-refractivity contribution >= 4 is 23.5 Å². The second kappa shape index (κ2) is 8.34. The van der Waals surface area contributed by atoms with Crippen LogP contribution in [0.4, 0.5) is 0 Å². The second-order valence-electron chi connectivity index (χ2n) is 5.27. The molecule has 6 nitrogen and oxygen atoms in total. The van der Waals surface area contributed by atoms with E-state index in [4.69, 9.17) is 0 Å². The van der Waals surface area contributed by atoms with Crippen molar-refractivity contribution < 1.29 is 19.2 Å². The normalized spacial score (nSPS) is 15.4. The van der Waals surface area contributed by atoms with Crippen LogP contribution in [0.15, 0.2) is 12.2 Å². The summed E-state index contributed by atoms with van der Waals surface area (Å²) in [4.78, 5) is 46.2. The molecule has 0 bridgehead atoms. The highest BCUT2D eigenvalue weighted by Crippen LogP contribution is 2.08. The topological polar surface area (TPSA) is 83.6 Å². The van der Waals surface area contributed by atoms with E-state index in [0.29, 0.717) is 6.54 Å². The number of unbranched alkanes of at least 4 members (excludes halogenated alkanes) is 1. The van der Waals surface area contributed by atoms with Crippen LogP contribution in [0.3, 0.4) is 0 Å². The standard InChI is InChI=1S/C15H22N2O4/c1-11(12(2)18)5-3-4-9-16-13(19)8-10-17-14(20)6-7-15(17)21/h6-7,11H,3-5,8-10H2,1-2H3,(H,16,19). The van der Waals surface area contributed by atoms with Gasteiger partial charge in [0.15, 0.2) is 0 Å². The summed E-state index contributed by atoms with van der Waals surface area (Å²) >= 11 is 0. The molecule has 0 aromatic carbocycles. The van der Waals surface area contributed by atoms with Gasteiger partial charge in [0.2, 0.25) is 5.91 Å². The molecule has 1 aliphatic rings. The van der Waals surface area contributed by atoms with E-state index in [2.05, 4.69) is 5.32 Å². The van der Waals surface area contributed by atoms with E-state index in [9.17, 15) is 19.2 Å². The van der Waals surface area contributed by atoms with Crippen molar-refractivity contribution in [3.63, 3.8) is 0 Å². The Kier molecular flexibility index (Phi) is 6.78. The Hall–Kier alpha value is -1.98. The first-order valence-electron chi connectivity index (χ1n) is 7.22. The minimum Gasteiger partial charge on any atom is -0.356 e. The Bertz CT molecular complexity index is 439. The summed E-state index contributed by atoms with van der Waals surface area (Å²) in [5.41, 5.74) is 0. The molecule has 1 atom stereocenters. The van der Waals surface area contributed by atoms with Crippen molar-refractivity contribution in [2.45, 2.75) is 39.5 Å². The number of Topliss-reactive ketones (excluding diaryl/α,β-unsaturated/α-hetero) is 1. The van der Waals surface area contributed by atoms with Crippen LogP contribution >= 0.6 is 0 Å². The van der Waals surface area contributed by atoms with Gasteiger partial charge in [-0.15, -0.1) is 0 Å². The highest BCUT2D eigenvalue weighted by molar-refractivity contribution is 6.13. The Morgan fingerprint density at radius 2 is 1.81 bits per heavy atom. The molecule has 0 aliphatic carbocycles. The van der Waals surface area contributed by atoms with Crippen LogP contribution in [0, 0.1) is 5.92 Å². The van der Waals surface area contributed by atoms with Gasteiger partial charge in [0.1, 0.15) is 5.78 Å². The molecule has 1 N–H and O–H groups in total. The van der Waals surface area contributed by atoms with Crippen molar-refractivity contribution in [2.24, 2.45) is 5.92 Å². The van der Waals surface area contributed by atoms with E-state index in [0.717, 1.165) is 24.2 Å². The molecule has 1 heterocycles. The van der Waals surface area contributed by atoms with Crippen LogP contribution in [-0.4, -0.2) is 41.5 Å². The molecular weight excluding hydrogens is 272 g/mol. The predicted molar refractivity (Wildman–Crippen MR) is 77.2 cm³/mol. The maximum absolute atomic E-state index is 11.6. The molecule has 0 radical (unpaired) electrons. The fourth-order valence-electron chi connectivity index (χ4n) is 1.96. The van der Waals surface area contributed by atoms with Crippen molar-refractivity contribution in [2.75, 3.05) is 13.1 Å². The van der Waals surface area contributed by atoms with Crippen LogP contribution in [-0.2, 0) is 19.2 Å². The van der Waals surface area contributed by atoms with Crippen LogP contribution < -0.4 is 5.32 Å². The van der Waals surface area contributed by atoms with E-state index >= 15 is 0 Å². The Morgan fingerprint density at radius 1 is 1.19 bits per heavy atom. The zero-order valence-corrected chi connectivity index (χ0v) is 12.6. The molecule has 0 saturated heterocycles. The Morgan fingerprint density at radius 3 is 2.38 bits per heavy atom. The lowest BCUT2D eigenvalue weighted by Crippen LogP contribution is -2.34. The smallest absolute Gasteiger partial charge is 0.253 e. The summed E-state index contributed by atoms with van der Waals surface area (Å²) in [5, 5.41) is 2.75. The summed E-state index contributed by atoms with van der Waals surface area (Å²) in [6.07, 6.45) is 5.05. The van der Waals surface area contributed by atoms with Crippen LogP contribution in [0.25, 0.3) is 0 Å². The first-order chi connectivity index (χ1) is 9.91. The summed E-state index contributed by atoms with van der Waals surface area (Å²) in [6.45, 7) is 4.14. The van der Waals surface area contributed by atoms with E-state index in [1.54, 1.807) is 6.92 Å². The zero-order valence-electron chi connectivity index (χ0n) is 12.6. The lowest BCUT2D eigenvalue weighted by atomic mass is 10.0.